The highest BCUT2D eigenvalue weighted by molar-refractivity contribution is 9.10. The SMILES string of the molecule is C=C(C)C1CC[C@]2(C(=O)OC)CC[C@]3(C)[C@H](CC[C@@H]4[C@@]5(C)C/C(=C/c6ccc(Br)cc6)C(=O)C(C)(C)C5CC[C@]43C)C12. The van der Waals surface area contributed by atoms with Crippen LogP contribution in [0.5, 0.6) is 0 Å². The van der Waals surface area contributed by atoms with Crippen molar-refractivity contribution < 1.29 is 14.3 Å². The van der Waals surface area contributed by atoms with Gasteiger partial charge in [-0.2, -0.15) is 0 Å². The number of methoxy groups -OCH3 is 1. The maximum Gasteiger partial charge on any atom is 0.312 e. The summed E-state index contributed by atoms with van der Waals surface area (Å²) in [5, 5.41) is 0. The summed E-state index contributed by atoms with van der Waals surface area (Å²) in [6, 6.07) is 8.35. The number of fused-ring (bicyclic) bond motifs is 7. The summed E-state index contributed by atoms with van der Waals surface area (Å²) in [5.74, 6) is 2.50. The highest BCUT2D eigenvalue weighted by Crippen LogP contribution is 2.77. The van der Waals surface area contributed by atoms with Crippen LogP contribution in [0.25, 0.3) is 6.08 Å². The molecule has 0 aromatic heterocycles. The second kappa shape index (κ2) is 9.91. The number of ketones is 1. The number of halogens is 1. The molecule has 0 radical (unpaired) electrons. The number of carbonyl (C=O) groups excluding carboxylic acids is 2. The van der Waals surface area contributed by atoms with E-state index in [4.69, 9.17) is 4.74 Å². The number of hydrogen-bond acceptors (Lipinski definition) is 3. The molecule has 3 unspecified atom stereocenters. The van der Waals surface area contributed by atoms with Gasteiger partial charge in [0.25, 0.3) is 0 Å². The summed E-state index contributed by atoms with van der Waals surface area (Å²) < 4.78 is 6.60. The molecule has 3 nitrogen and oxygen atoms in total. The van der Waals surface area contributed by atoms with Crippen LogP contribution < -0.4 is 0 Å². The third kappa shape index (κ3) is 3.94. The maximum atomic E-state index is 14.1. The lowest BCUT2D eigenvalue weighted by atomic mass is 9.32. The standard InChI is InChI=1S/C38H51BrO3/c1-23(2)27-15-18-38(33(41)42-8)20-19-36(6)28(31(27)38)13-14-30-35(5)22-25(21-24-9-11-26(39)12-10-24)32(40)34(3,4)29(35)16-17-37(30,36)7/h9-12,21,27-31H,1,13-20,22H2,2-8H3/b25-21-/t27?,28-,29?,30-,31?,35+,36-,37-,38+/m1/s1. The molecule has 1 aromatic carbocycles. The molecule has 0 amide bonds. The van der Waals surface area contributed by atoms with E-state index in [0.717, 1.165) is 60.6 Å². The molecule has 6 rings (SSSR count). The Kier molecular flexibility index (Phi) is 7.16. The highest BCUT2D eigenvalue weighted by atomic mass is 79.9. The van der Waals surface area contributed by atoms with Crippen molar-refractivity contribution in [3.8, 4) is 0 Å². The van der Waals surface area contributed by atoms with Crippen LogP contribution in [0.1, 0.15) is 105 Å². The number of Topliss-reactive ketones (excluding diaryl/α,β-unsaturated/α-hetero) is 1. The number of ether oxygens (including phenoxy) is 1. The first-order valence-electron chi connectivity index (χ1n) is 16.4. The number of esters is 1. The van der Waals surface area contributed by atoms with Crippen molar-refractivity contribution >= 4 is 33.8 Å². The highest BCUT2D eigenvalue weighted by Gasteiger charge is 2.72. The fourth-order valence-corrected chi connectivity index (χ4v) is 12.7. The minimum absolute atomic E-state index is 0.0245. The van der Waals surface area contributed by atoms with Crippen LogP contribution in [0.4, 0.5) is 0 Å². The quantitative estimate of drug-likeness (QED) is 0.189. The third-order valence-corrected chi connectivity index (χ3v) is 15.0. The van der Waals surface area contributed by atoms with Crippen molar-refractivity contribution in [1.82, 2.24) is 0 Å². The Hall–Kier alpha value is -1.68. The Labute approximate surface area is 262 Å². The molecule has 42 heavy (non-hydrogen) atoms. The molecule has 9 atom stereocenters. The zero-order chi connectivity index (χ0) is 30.5. The molecule has 5 saturated carbocycles. The van der Waals surface area contributed by atoms with Crippen molar-refractivity contribution in [1.29, 1.82) is 0 Å². The molecule has 0 aliphatic heterocycles. The van der Waals surface area contributed by atoms with Gasteiger partial charge in [0.05, 0.1) is 12.5 Å². The van der Waals surface area contributed by atoms with Crippen LogP contribution >= 0.6 is 15.9 Å². The number of benzene rings is 1. The van der Waals surface area contributed by atoms with Gasteiger partial charge in [-0.05, 0) is 140 Å². The molecular formula is C38H51BrO3. The number of rotatable bonds is 3. The number of carbonyl (C=O) groups is 2. The second-order valence-electron chi connectivity index (χ2n) is 16.3. The lowest BCUT2D eigenvalue weighted by Crippen LogP contribution is -2.67. The Balaban J connectivity index is 1.41. The van der Waals surface area contributed by atoms with Crippen molar-refractivity contribution in [3.63, 3.8) is 0 Å². The Bertz CT molecular complexity index is 1340. The Morgan fingerprint density at radius 3 is 2.26 bits per heavy atom. The van der Waals surface area contributed by atoms with E-state index in [9.17, 15) is 9.59 Å². The number of allylic oxidation sites excluding steroid dienone is 2. The van der Waals surface area contributed by atoms with Gasteiger partial charge in [-0.15, -0.1) is 0 Å². The van der Waals surface area contributed by atoms with E-state index >= 15 is 0 Å². The van der Waals surface area contributed by atoms with Crippen molar-refractivity contribution in [2.24, 2.45) is 56.7 Å². The molecular weight excluding hydrogens is 584 g/mol. The molecule has 0 bridgehead atoms. The summed E-state index contributed by atoms with van der Waals surface area (Å²) >= 11 is 3.56. The molecule has 5 aliphatic carbocycles. The monoisotopic (exact) mass is 634 g/mol. The maximum absolute atomic E-state index is 14.1. The predicted molar refractivity (Wildman–Crippen MR) is 173 cm³/mol. The van der Waals surface area contributed by atoms with E-state index in [2.05, 4.69) is 94.4 Å². The van der Waals surface area contributed by atoms with Gasteiger partial charge in [0.15, 0.2) is 5.78 Å². The van der Waals surface area contributed by atoms with Crippen LogP contribution in [0, 0.1) is 56.7 Å². The molecule has 5 aliphatic rings. The summed E-state index contributed by atoms with van der Waals surface area (Å²) in [4.78, 5) is 27.6. The second-order valence-corrected chi connectivity index (χ2v) is 17.2. The van der Waals surface area contributed by atoms with E-state index in [1.165, 1.54) is 18.4 Å². The summed E-state index contributed by atoms with van der Waals surface area (Å²) in [6.45, 7) is 18.8. The average Bonchev–Trinajstić information content (AvgIpc) is 3.34. The Morgan fingerprint density at radius 1 is 0.929 bits per heavy atom. The molecule has 0 N–H and O–H groups in total. The third-order valence-electron chi connectivity index (χ3n) is 14.5. The summed E-state index contributed by atoms with van der Waals surface area (Å²) in [6.07, 6.45) is 11.7. The molecule has 5 fully saturated rings. The molecule has 1 aromatic rings. The van der Waals surface area contributed by atoms with Gasteiger partial charge in [0.1, 0.15) is 0 Å². The van der Waals surface area contributed by atoms with Gasteiger partial charge in [-0.1, -0.05) is 74.8 Å². The van der Waals surface area contributed by atoms with E-state index < -0.39 is 0 Å². The van der Waals surface area contributed by atoms with E-state index in [1.807, 2.05) is 0 Å². The summed E-state index contributed by atoms with van der Waals surface area (Å²) in [5.41, 5.74) is 2.98. The number of hydrogen-bond donors (Lipinski definition) is 0. The van der Waals surface area contributed by atoms with Gasteiger partial charge in [-0.3, -0.25) is 9.59 Å². The molecule has 0 spiro atoms. The average molecular weight is 636 g/mol. The minimum atomic E-state index is -0.379. The van der Waals surface area contributed by atoms with Crippen LogP contribution in [0.3, 0.4) is 0 Å². The fourth-order valence-electron chi connectivity index (χ4n) is 12.4. The first-order chi connectivity index (χ1) is 19.7. The van der Waals surface area contributed by atoms with Crippen LogP contribution in [-0.4, -0.2) is 18.9 Å². The topological polar surface area (TPSA) is 43.4 Å². The van der Waals surface area contributed by atoms with Crippen molar-refractivity contribution in [2.75, 3.05) is 7.11 Å². The fraction of sp³-hybridized carbons (Fsp3) is 0.684. The molecule has 4 heteroatoms. The van der Waals surface area contributed by atoms with Gasteiger partial charge >= 0.3 is 5.97 Å². The van der Waals surface area contributed by atoms with Crippen LogP contribution in [0.2, 0.25) is 0 Å². The Morgan fingerprint density at radius 2 is 1.62 bits per heavy atom. The zero-order valence-electron chi connectivity index (χ0n) is 26.9. The van der Waals surface area contributed by atoms with Crippen LogP contribution in [-0.2, 0) is 14.3 Å². The molecule has 228 valence electrons. The van der Waals surface area contributed by atoms with Gasteiger partial charge < -0.3 is 4.74 Å². The zero-order valence-corrected chi connectivity index (χ0v) is 28.5. The smallest absolute Gasteiger partial charge is 0.312 e. The van der Waals surface area contributed by atoms with Gasteiger partial charge in [0.2, 0.25) is 0 Å². The largest absolute Gasteiger partial charge is 0.469 e. The van der Waals surface area contributed by atoms with E-state index in [0.29, 0.717) is 35.4 Å². The normalized spacial score (nSPS) is 44.9. The van der Waals surface area contributed by atoms with E-state index in [-0.39, 0.29) is 33.0 Å². The van der Waals surface area contributed by atoms with Crippen molar-refractivity contribution in [3.05, 3.63) is 52.0 Å². The van der Waals surface area contributed by atoms with Gasteiger partial charge in [0, 0.05) is 9.89 Å². The lowest BCUT2D eigenvalue weighted by Gasteiger charge is -2.72. The van der Waals surface area contributed by atoms with E-state index in [1.54, 1.807) is 7.11 Å². The first-order valence-corrected chi connectivity index (χ1v) is 17.2. The van der Waals surface area contributed by atoms with Crippen molar-refractivity contribution in [2.45, 2.75) is 99.3 Å². The molecule has 0 saturated heterocycles. The van der Waals surface area contributed by atoms with Gasteiger partial charge in [-0.25, -0.2) is 0 Å². The minimum Gasteiger partial charge on any atom is -0.469 e. The van der Waals surface area contributed by atoms with Crippen LogP contribution in [0.15, 0.2) is 46.5 Å². The summed E-state index contributed by atoms with van der Waals surface area (Å²) in [7, 11) is 1.59. The lowest BCUT2D eigenvalue weighted by molar-refractivity contribution is -0.232. The first kappa shape index (κ1) is 30.4. The molecule has 0 heterocycles. The predicted octanol–water partition coefficient (Wildman–Crippen LogP) is 9.84.